The maximum absolute atomic E-state index is 13.3. The molecule has 8 heteroatoms. The summed E-state index contributed by atoms with van der Waals surface area (Å²) in [4.78, 5) is 55.3. The van der Waals surface area contributed by atoms with Crippen molar-refractivity contribution < 1.29 is 23.9 Å². The smallest absolute Gasteiger partial charge is 0.261 e. The van der Waals surface area contributed by atoms with Crippen LogP contribution in [0, 0.1) is 11.8 Å². The second-order valence-electron chi connectivity index (χ2n) is 10.3. The van der Waals surface area contributed by atoms with Gasteiger partial charge < -0.3 is 15.0 Å². The molecule has 0 saturated carbocycles. The molecule has 0 bridgehead atoms. The molecule has 3 atom stereocenters. The number of rotatable bonds is 5. The van der Waals surface area contributed by atoms with Crippen LogP contribution in [-0.4, -0.2) is 65.8 Å². The van der Waals surface area contributed by atoms with E-state index in [0.29, 0.717) is 48.3 Å². The lowest BCUT2D eigenvalue weighted by molar-refractivity contribution is 0.0475. The number of ether oxygens (including phenoxy) is 1. The minimum Gasteiger partial charge on any atom is -0.376 e. The summed E-state index contributed by atoms with van der Waals surface area (Å²) in [5.41, 5.74) is 1.60. The molecule has 8 nitrogen and oxygen atoms in total. The van der Waals surface area contributed by atoms with E-state index in [-0.39, 0.29) is 35.6 Å². The SMILES string of the molecule is CC1CC(C)CN(C(=O)c2ccccc2NC(=O)c2ccc3c(c2)C(=O)N(CC2CCCO2)C3=O)C1. The summed E-state index contributed by atoms with van der Waals surface area (Å²) >= 11 is 0. The fourth-order valence-electron chi connectivity index (χ4n) is 5.56. The van der Waals surface area contributed by atoms with E-state index >= 15 is 0 Å². The average molecular weight is 490 g/mol. The van der Waals surface area contributed by atoms with Crippen molar-refractivity contribution >= 4 is 29.3 Å². The molecule has 36 heavy (non-hydrogen) atoms. The predicted octanol–water partition coefficient (Wildman–Crippen LogP) is 3.83. The van der Waals surface area contributed by atoms with Gasteiger partial charge in [0.2, 0.25) is 0 Å². The first-order chi connectivity index (χ1) is 17.3. The highest BCUT2D eigenvalue weighted by Gasteiger charge is 2.38. The Kier molecular flexibility index (Phi) is 6.62. The monoisotopic (exact) mass is 489 g/mol. The van der Waals surface area contributed by atoms with E-state index in [1.165, 1.54) is 23.1 Å². The molecule has 188 valence electrons. The van der Waals surface area contributed by atoms with Crippen LogP contribution in [0.25, 0.3) is 0 Å². The Morgan fingerprint density at radius 1 is 1.00 bits per heavy atom. The molecule has 4 amide bonds. The molecule has 3 aliphatic heterocycles. The highest BCUT2D eigenvalue weighted by Crippen LogP contribution is 2.28. The normalized spacial score (nSPS) is 23.7. The van der Waals surface area contributed by atoms with Crippen molar-refractivity contribution in [2.75, 3.05) is 31.6 Å². The number of hydrogen-bond acceptors (Lipinski definition) is 5. The van der Waals surface area contributed by atoms with Gasteiger partial charge in [-0.15, -0.1) is 0 Å². The van der Waals surface area contributed by atoms with Crippen LogP contribution < -0.4 is 5.32 Å². The minimum absolute atomic E-state index is 0.108. The van der Waals surface area contributed by atoms with Crippen LogP contribution in [0.5, 0.6) is 0 Å². The molecule has 2 aromatic carbocycles. The van der Waals surface area contributed by atoms with Crippen LogP contribution in [-0.2, 0) is 4.74 Å². The number of amides is 4. The van der Waals surface area contributed by atoms with Crippen molar-refractivity contribution in [3.63, 3.8) is 0 Å². The summed E-state index contributed by atoms with van der Waals surface area (Å²) in [6.45, 7) is 6.52. The maximum Gasteiger partial charge on any atom is 0.261 e. The second kappa shape index (κ2) is 9.85. The zero-order chi connectivity index (χ0) is 25.4. The lowest BCUT2D eigenvalue weighted by Gasteiger charge is -2.35. The first kappa shape index (κ1) is 24.2. The third-order valence-corrected chi connectivity index (χ3v) is 7.20. The summed E-state index contributed by atoms with van der Waals surface area (Å²) in [6.07, 6.45) is 2.68. The zero-order valence-corrected chi connectivity index (χ0v) is 20.7. The number of likely N-dealkylation sites (tertiary alicyclic amines) is 1. The number of nitrogens with zero attached hydrogens (tertiary/aromatic N) is 2. The highest BCUT2D eigenvalue weighted by atomic mass is 16.5. The van der Waals surface area contributed by atoms with Crippen LogP contribution in [0.4, 0.5) is 5.69 Å². The molecule has 2 aromatic rings. The van der Waals surface area contributed by atoms with Gasteiger partial charge in [0.15, 0.2) is 0 Å². The molecule has 1 N–H and O–H groups in total. The van der Waals surface area contributed by atoms with Crippen molar-refractivity contribution in [3.8, 4) is 0 Å². The van der Waals surface area contributed by atoms with Gasteiger partial charge in [0.1, 0.15) is 0 Å². The molecule has 0 spiro atoms. The number of carbonyl (C=O) groups is 4. The quantitative estimate of drug-likeness (QED) is 0.644. The maximum atomic E-state index is 13.3. The molecule has 0 aromatic heterocycles. The number of fused-ring (bicyclic) bond motifs is 1. The molecule has 0 radical (unpaired) electrons. The van der Waals surface area contributed by atoms with E-state index in [1.807, 2.05) is 4.90 Å². The molecule has 2 saturated heterocycles. The van der Waals surface area contributed by atoms with E-state index in [4.69, 9.17) is 4.74 Å². The number of hydrogen-bond donors (Lipinski definition) is 1. The molecular weight excluding hydrogens is 458 g/mol. The van der Waals surface area contributed by atoms with E-state index in [1.54, 1.807) is 24.3 Å². The summed E-state index contributed by atoms with van der Waals surface area (Å²) < 4.78 is 5.58. The zero-order valence-electron chi connectivity index (χ0n) is 20.7. The molecule has 2 fully saturated rings. The molecule has 3 aliphatic rings. The number of benzene rings is 2. The standard InChI is InChI=1S/C28H31N3O5/c1-17-12-18(2)15-30(14-17)26(33)22-7-3-4-8-24(22)29-25(32)19-9-10-21-23(13-19)28(35)31(27(21)34)16-20-6-5-11-36-20/h3-4,7-10,13,17-18,20H,5-6,11-12,14-16H2,1-2H3,(H,29,32). The number of carbonyl (C=O) groups excluding carboxylic acids is 4. The molecule has 0 aliphatic carbocycles. The average Bonchev–Trinajstić information content (AvgIpc) is 3.46. The van der Waals surface area contributed by atoms with Gasteiger partial charge in [0.05, 0.1) is 35.0 Å². The van der Waals surface area contributed by atoms with Crippen molar-refractivity contribution in [2.24, 2.45) is 11.8 Å². The van der Waals surface area contributed by atoms with Gasteiger partial charge in [-0.1, -0.05) is 26.0 Å². The van der Waals surface area contributed by atoms with E-state index in [2.05, 4.69) is 19.2 Å². The van der Waals surface area contributed by atoms with Crippen molar-refractivity contribution in [1.29, 1.82) is 0 Å². The lowest BCUT2D eigenvalue weighted by atomic mass is 9.91. The number of anilines is 1. The van der Waals surface area contributed by atoms with Crippen molar-refractivity contribution in [3.05, 3.63) is 64.7 Å². The molecule has 3 unspecified atom stereocenters. The van der Waals surface area contributed by atoms with Gasteiger partial charge in [-0.25, -0.2) is 0 Å². The fraction of sp³-hybridized carbons (Fsp3) is 0.429. The summed E-state index contributed by atoms with van der Waals surface area (Å²) in [7, 11) is 0. The third kappa shape index (κ3) is 4.65. The van der Waals surface area contributed by atoms with Gasteiger partial charge >= 0.3 is 0 Å². The van der Waals surface area contributed by atoms with Gasteiger partial charge in [-0.2, -0.15) is 0 Å². The van der Waals surface area contributed by atoms with Gasteiger partial charge in [0.25, 0.3) is 23.6 Å². The largest absolute Gasteiger partial charge is 0.376 e. The fourth-order valence-corrected chi connectivity index (χ4v) is 5.56. The Morgan fingerprint density at radius 3 is 2.44 bits per heavy atom. The highest BCUT2D eigenvalue weighted by molar-refractivity contribution is 6.22. The van der Waals surface area contributed by atoms with E-state index < -0.39 is 11.8 Å². The van der Waals surface area contributed by atoms with Crippen LogP contribution >= 0.6 is 0 Å². The van der Waals surface area contributed by atoms with Crippen LogP contribution in [0.3, 0.4) is 0 Å². The van der Waals surface area contributed by atoms with Gasteiger partial charge in [-0.05, 0) is 61.4 Å². The van der Waals surface area contributed by atoms with Crippen LogP contribution in [0.2, 0.25) is 0 Å². The Balaban J connectivity index is 1.33. The molecular formula is C28H31N3O5. The summed E-state index contributed by atoms with van der Waals surface area (Å²) in [5.74, 6) is -0.487. The first-order valence-corrected chi connectivity index (χ1v) is 12.6. The Labute approximate surface area is 210 Å². The summed E-state index contributed by atoms with van der Waals surface area (Å²) in [5, 5.41) is 2.84. The van der Waals surface area contributed by atoms with E-state index in [0.717, 1.165) is 19.3 Å². The Hall–Kier alpha value is -3.52. The van der Waals surface area contributed by atoms with Crippen LogP contribution in [0.15, 0.2) is 42.5 Å². The lowest BCUT2D eigenvalue weighted by Crippen LogP contribution is -2.42. The molecule has 5 rings (SSSR count). The van der Waals surface area contributed by atoms with E-state index in [9.17, 15) is 19.2 Å². The number of imide groups is 1. The third-order valence-electron chi connectivity index (χ3n) is 7.20. The van der Waals surface area contributed by atoms with Gasteiger partial charge in [0, 0.05) is 25.3 Å². The van der Waals surface area contributed by atoms with Crippen molar-refractivity contribution in [1.82, 2.24) is 9.80 Å². The first-order valence-electron chi connectivity index (χ1n) is 12.6. The van der Waals surface area contributed by atoms with Crippen LogP contribution in [0.1, 0.15) is 74.5 Å². The molecule has 3 heterocycles. The summed E-state index contributed by atoms with van der Waals surface area (Å²) in [6, 6.07) is 11.5. The van der Waals surface area contributed by atoms with Gasteiger partial charge in [-0.3, -0.25) is 24.1 Å². The Bertz CT molecular complexity index is 1210. The number of piperidine rings is 1. The minimum atomic E-state index is -0.448. The Morgan fingerprint density at radius 2 is 1.72 bits per heavy atom. The second-order valence-corrected chi connectivity index (χ2v) is 10.3. The topological polar surface area (TPSA) is 96.0 Å². The number of nitrogens with one attached hydrogen (secondary N) is 1. The number of para-hydroxylation sites is 1. The predicted molar refractivity (Wildman–Crippen MR) is 134 cm³/mol. The van der Waals surface area contributed by atoms with Crippen molar-refractivity contribution in [2.45, 2.75) is 39.2 Å².